The summed E-state index contributed by atoms with van der Waals surface area (Å²) in [6.45, 7) is 0. The monoisotopic (exact) mass is 398 g/mol. The number of furan rings is 1. The van der Waals surface area contributed by atoms with E-state index in [1.807, 2.05) is 12.1 Å². The van der Waals surface area contributed by atoms with Crippen molar-refractivity contribution in [1.29, 1.82) is 0 Å². The van der Waals surface area contributed by atoms with Crippen molar-refractivity contribution in [3.8, 4) is 11.4 Å². The van der Waals surface area contributed by atoms with Crippen LogP contribution in [-0.2, 0) is 7.05 Å². The molecule has 0 radical (unpaired) electrons. The van der Waals surface area contributed by atoms with Crippen LogP contribution in [0.15, 0.2) is 95.4 Å². The summed E-state index contributed by atoms with van der Waals surface area (Å²) >= 11 is 0. The number of hydrogen-bond donors (Lipinski definition) is 0. The van der Waals surface area contributed by atoms with E-state index >= 15 is 0 Å². The smallest absolute Gasteiger partial charge is 0.140 e. The van der Waals surface area contributed by atoms with Gasteiger partial charge in [-0.05, 0) is 57.9 Å². The molecule has 0 N–H and O–H groups in total. The van der Waals surface area contributed by atoms with Crippen LogP contribution < -0.4 is 0 Å². The Labute approximate surface area is 178 Å². The highest BCUT2D eigenvalue weighted by Crippen LogP contribution is 2.36. The molecular formula is C28H18N2O. The molecule has 3 nitrogen and oxygen atoms in total. The van der Waals surface area contributed by atoms with Crippen molar-refractivity contribution < 1.29 is 4.42 Å². The first kappa shape index (κ1) is 16.7. The van der Waals surface area contributed by atoms with Crippen LogP contribution in [0.25, 0.3) is 65.9 Å². The largest absolute Gasteiger partial charge is 0.456 e. The van der Waals surface area contributed by atoms with E-state index in [9.17, 15) is 0 Å². The summed E-state index contributed by atoms with van der Waals surface area (Å²) in [6.07, 6.45) is 0. The molecule has 7 rings (SSSR count). The number of aromatic nitrogens is 2. The SMILES string of the molecule is Cn1c(-c2ccc3c(c2)oc2cc4c(ccc5ccccc54)cc23)nc2ccccc21. The van der Waals surface area contributed by atoms with Gasteiger partial charge >= 0.3 is 0 Å². The Morgan fingerprint density at radius 3 is 2.39 bits per heavy atom. The van der Waals surface area contributed by atoms with Crippen LogP contribution in [0.1, 0.15) is 0 Å². The molecule has 7 aromatic rings. The normalized spacial score (nSPS) is 12.0. The second kappa shape index (κ2) is 5.96. The van der Waals surface area contributed by atoms with E-state index in [4.69, 9.17) is 9.40 Å². The number of rotatable bonds is 1. The van der Waals surface area contributed by atoms with E-state index in [-0.39, 0.29) is 0 Å². The predicted octanol–water partition coefficient (Wildman–Crippen LogP) is 7.45. The predicted molar refractivity (Wildman–Crippen MR) is 128 cm³/mol. The van der Waals surface area contributed by atoms with Crippen LogP contribution >= 0.6 is 0 Å². The third kappa shape index (κ3) is 2.32. The Bertz CT molecular complexity index is 1800. The van der Waals surface area contributed by atoms with Gasteiger partial charge in [0.25, 0.3) is 0 Å². The molecule has 0 aliphatic carbocycles. The highest BCUT2D eigenvalue weighted by molar-refractivity contribution is 6.16. The van der Waals surface area contributed by atoms with E-state index in [1.54, 1.807) is 0 Å². The summed E-state index contributed by atoms with van der Waals surface area (Å²) < 4.78 is 8.49. The van der Waals surface area contributed by atoms with E-state index in [0.717, 1.165) is 44.4 Å². The lowest BCUT2D eigenvalue weighted by atomic mass is 10.00. The molecule has 2 aromatic heterocycles. The number of nitrogens with zero attached hydrogens (tertiary/aromatic N) is 2. The van der Waals surface area contributed by atoms with Gasteiger partial charge in [0, 0.05) is 23.4 Å². The molecule has 0 spiro atoms. The summed E-state index contributed by atoms with van der Waals surface area (Å²) in [4.78, 5) is 4.84. The Kier molecular flexibility index (Phi) is 3.20. The minimum Gasteiger partial charge on any atom is -0.456 e. The first-order valence-corrected chi connectivity index (χ1v) is 10.5. The highest BCUT2D eigenvalue weighted by atomic mass is 16.3. The zero-order chi connectivity index (χ0) is 20.5. The van der Waals surface area contributed by atoms with Gasteiger partial charge in [-0.3, -0.25) is 0 Å². The van der Waals surface area contributed by atoms with Gasteiger partial charge in [-0.1, -0.05) is 54.6 Å². The molecule has 0 atom stereocenters. The lowest BCUT2D eigenvalue weighted by Crippen LogP contribution is -1.92. The van der Waals surface area contributed by atoms with Gasteiger partial charge in [-0.25, -0.2) is 4.98 Å². The Morgan fingerprint density at radius 2 is 1.45 bits per heavy atom. The van der Waals surface area contributed by atoms with Gasteiger partial charge in [-0.15, -0.1) is 0 Å². The molecule has 0 aliphatic rings. The van der Waals surface area contributed by atoms with Crippen molar-refractivity contribution >= 4 is 54.5 Å². The summed E-state index contributed by atoms with van der Waals surface area (Å²) in [6, 6.07) is 31.9. The third-order valence-electron chi connectivity index (χ3n) is 6.38. The lowest BCUT2D eigenvalue weighted by molar-refractivity contribution is 0.669. The molecule has 0 aliphatic heterocycles. The Hall–Kier alpha value is -4.11. The second-order valence-corrected chi connectivity index (χ2v) is 8.15. The van der Waals surface area contributed by atoms with E-state index in [0.29, 0.717) is 0 Å². The molecule has 5 aromatic carbocycles. The van der Waals surface area contributed by atoms with Crippen molar-refractivity contribution in [3.05, 3.63) is 91.0 Å². The number of fused-ring (bicyclic) bond motifs is 7. The summed E-state index contributed by atoms with van der Waals surface area (Å²) in [5.41, 5.74) is 4.99. The molecule has 0 bridgehead atoms. The van der Waals surface area contributed by atoms with Crippen LogP contribution in [0.3, 0.4) is 0 Å². The summed E-state index contributed by atoms with van der Waals surface area (Å²) in [5.74, 6) is 0.944. The zero-order valence-corrected chi connectivity index (χ0v) is 17.0. The number of aryl methyl sites for hydroxylation is 1. The lowest BCUT2D eigenvalue weighted by Gasteiger charge is -2.04. The van der Waals surface area contributed by atoms with Crippen molar-refractivity contribution in [2.75, 3.05) is 0 Å². The van der Waals surface area contributed by atoms with Gasteiger partial charge in [-0.2, -0.15) is 0 Å². The number of hydrogen-bond acceptors (Lipinski definition) is 2. The number of benzene rings is 5. The zero-order valence-electron chi connectivity index (χ0n) is 17.0. The van der Waals surface area contributed by atoms with Crippen molar-refractivity contribution in [2.24, 2.45) is 7.05 Å². The molecule has 146 valence electrons. The van der Waals surface area contributed by atoms with E-state index < -0.39 is 0 Å². The molecule has 31 heavy (non-hydrogen) atoms. The fourth-order valence-electron chi connectivity index (χ4n) is 4.82. The van der Waals surface area contributed by atoms with Crippen LogP contribution in [0.4, 0.5) is 0 Å². The fraction of sp³-hybridized carbons (Fsp3) is 0.0357. The minimum atomic E-state index is 0.888. The van der Waals surface area contributed by atoms with Gasteiger partial charge in [0.2, 0.25) is 0 Å². The Balaban J connectivity index is 1.49. The van der Waals surface area contributed by atoms with Gasteiger partial charge < -0.3 is 8.98 Å². The van der Waals surface area contributed by atoms with Gasteiger partial charge in [0.15, 0.2) is 0 Å². The van der Waals surface area contributed by atoms with Crippen LogP contribution in [0, 0.1) is 0 Å². The number of para-hydroxylation sites is 2. The summed E-state index contributed by atoms with van der Waals surface area (Å²) in [5, 5.41) is 7.23. The average molecular weight is 398 g/mol. The molecule has 0 fully saturated rings. The molecule has 0 unspecified atom stereocenters. The molecule has 0 amide bonds. The van der Waals surface area contributed by atoms with Crippen molar-refractivity contribution in [2.45, 2.75) is 0 Å². The standard InChI is InChI=1S/C28H18N2O/c1-30-25-9-5-4-8-24(25)29-28(30)19-12-13-21-23-14-18-11-10-17-6-2-3-7-20(17)22(18)16-27(23)31-26(21)15-19/h2-16H,1H3. The fourth-order valence-corrected chi connectivity index (χ4v) is 4.82. The quantitative estimate of drug-likeness (QED) is 0.269. The molecule has 0 saturated heterocycles. The van der Waals surface area contributed by atoms with E-state index in [1.165, 1.54) is 21.5 Å². The molecule has 2 heterocycles. The molecule has 3 heteroatoms. The van der Waals surface area contributed by atoms with Crippen LogP contribution in [-0.4, -0.2) is 9.55 Å². The van der Waals surface area contributed by atoms with Crippen molar-refractivity contribution in [3.63, 3.8) is 0 Å². The maximum atomic E-state index is 6.35. The molecule has 0 saturated carbocycles. The maximum Gasteiger partial charge on any atom is 0.140 e. The van der Waals surface area contributed by atoms with Gasteiger partial charge in [0.05, 0.1) is 11.0 Å². The minimum absolute atomic E-state index is 0.888. The summed E-state index contributed by atoms with van der Waals surface area (Å²) in [7, 11) is 2.06. The Morgan fingerprint density at radius 1 is 0.645 bits per heavy atom. The number of imidazole rings is 1. The third-order valence-corrected chi connectivity index (χ3v) is 6.38. The van der Waals surface area contributed by atoms with Crippen LogP contribution in [0.2, 0.25) is 0 Å². The molecular weight excluding hydrogens is 380 g/mol. The second-order valence-electron chi connectivity index (χ2n) is 8.15. The maximum absolute atomic E-state index is 6.35. The average Bonchev–Trinajstić information content (AvgIpc) is 3.34. The first-order chi connectivity index (χ1) is 15.3. The highest BCUT2D eigenvalue weighted by Gasteiger charge is 2.14. The van der Waals surface area contributed by atoms with E-state index in [2.05, 4.69) is 90.5 Å². The van der Waals surface area contributed by atoms with Crippen LogP contribution in [0.5, 0.6) is 0 Å². The first-order valence-electron chi connectivity index (χ1n) is 10.5. The van der Waals surface area contributed by atoms with Gasteiger partial charge in [0.1, 0.15) is 17.0 Å². The topological polar surface area (TPSA) is 31.0 Å². The van der Waals surface area contributed by atoms with Crippen molar-refractivity contribution in [1.82, 2.24) is 9.55 Å².